The molecular weight excluding hydrogens is 256 g/mol. The van der Waals surface area contributed by atoms with Gasteiger partial charge in [0, 0.05) is 21.7 Å². The van der Waals surface area contributed by atoms with E-state index in [9.17, 15) is 20.1 Å². The molecule has 0 radical (unpaired) electrons. The highest BCUT2D eigenvalue weighted by Crippen LogP contribution is 2.46. The van der Waals surface area contributed by atoms with Gasteiger partial charge in [-0.1, -0.05) is 13.8 Å². The second-order valence-corrected chi connectivity index (χ2v) is 6.08. The summed E-state index contributed by atoms with van der Waals surface area (Å²) < 4.78 is 0. The maximum absolute atomic E-state index is 11.2. The van der Waals surface area contributed by atoms with Gasteiger partial charge in [-0.3, -0.25) is 0 Å². The fourth-order valence-electron chi connectivity index (χ4n) is 2.15. The molecule has 0 saturated carbocycles. The quantitative estimate of drug-likeness (QED) is 0.642. The number of aliphatic hydroxyl groups excluding tert-OH is 2. The lowest BCUT2D eigenvalue weighted by atomic mass is 9.80. The number of carbonyl (C=O) groups is 1. The molecule has 0 spiro atoms. The summed E-state index contributed by atoms with van der Waals surface area (Å²) in [7, 11) is 0. The first kappa shape index (κ1) is 13.5. The van der Waals surface area contributed by atoms with Gasteiger partial charge < -0.3 is 20.4 Å². The Bertz CT molecular complexity index is 481. The molecule has 4 N–H and O–H groups in total. The summed E-state index contributed by atoms with van der Waals surface area (Å²) in [5.41, 5.74) is -1.90. The molecule has 1 aromatic heterocycles. The second kappa shape index (κ2) is 4.31. The van der Waals surface area contributed by atoms with Crippen molar-refractivity contribution in [3.63, 3.8) is 0 Å². The Morgan fingerprint density at radius 1 is 1.50 bits per heavy atom. The van der Waals surface area contributed by atoms with E-state index in [4.69, 9.17) is 5.11 Å². The van der Waals surface area contributed by atoms with Gasteiger partial charge in [-0.2, -0.15) is 0 Å². The van der Waals surface area contributed by atoms with Gasteiger partial charge >= 0.3 is 5.97 Å². The van der Waals surface area contributed by atoms with E-state index in [0.29, 0.717) is 4.88 Å². The van der Waals surface area contributed by atoms with Crippen LogP contribution >= 0.6 is 11.3 Å². The zero-order valence-electron chi connectivity index (χ0n) is 10.1. The molecule has 1 aromatic rings. The monoisotopic (exact) mass is 272 g/mol. The van der Waals surface area contributed by atoms with Crippen LogP contribution in [0.25, 0.3) is 0 Å². The number of hydrogen-bond donors (Lipinski definition) is 4. The van der Waals surface area contributed by atoms with Crippen molar-refractivity contribution in [1.29, 1.82) is 0 Å². The van der Waals surface area contributed by atoms with Crippen LogP contribution in [0.2, 0.25) is 0 Å². The molecule has 0 aliphatic heterocycles. The third-order valence-corrected chi connectivity index (χ3v) is 4.79. The molecule has 5 nitrogen and oxygen atoms in total. The van der Waals surface area contributed by atoms with E-state index in [-0.39, 0.29) is 11.5 Å². The van der Waals surface area contributed by atoms with Gasteiger partial charge in [-0.15, -0.1) is 11.3 Å². The molecule has 1 aliphatic carbocycles. The molecule has 1 aliphatic rings. The van der Waals surface area contributed by atoms with Crippen LogP contribution < -0.4 is 0 Å². The van der Waals surface area contributed by atoms with Crippen LogP contribution in [0.4, 0.5) is 0 Å². The van der Waals surface area contributed by atoms with E-state index < -0.39 is 30.2 Å². The predicted octanol–water partition coefficient (Wildman–Crippen LogP) is 0.942. The average molecular weight is 272 g/mol. The minimum absolute atomic E-state index is 0.169. The third-order valence-electron chi connectivity index (χ3n) is 3.29. The smallest absolute Gasteiger partial charge is 0.340 e. The number of thiophene rings is 1. The summed E-state index contributed by atoms with van der Waals surface area (Å²) in [5.74, 6) is -1.23. The molecule has 0 aromatic carbocycles. The van der Waals surface area contributed by atoms with E-state index in [0.717, 1.165) is 4.88 Å². The number of hydrogen-bond acceptors (Lipinski definition) is 5. The average Bonchev–Trinajstić information content (AvgIpc) is 2.71. The largest absolute Gasteiger partial charge is 0.479 e. The van der Waals surface area contributed by atoms with E-state index in [1.54, 1.807) is 6.07 Å². The summed E-state index contributed by atoms with van der Waals surface area (Å²) in [5, 5.41) is 39.0. The van der Waals surface area contributed by atoms with Crippen molar-refractivity contribution >= 4 is 17.3 Å². The number of fused-ring (bicyclic) bond motifs is 1. The summed E-state index contributed by atoms with van der Waals surface area (Å²) in [6.07, 6.45) is -2.79. The molecule has 0 bridgehead atoms. The molecule has 0 fully saturated rings. The normalized spacial score (nSPS) is 31.4. The number of aliphatic carboxylic acids is 1. The molecule has 0 saturated heterocycles. The first-order valence-electron chi connectivity index (χ1n) is 5.73. The van der Waals surface area contributed by atoms with Crippen LogP contribution in [0.15, 0.2) is 6.07 Å². The molecule has 6 heteroatoms. The highest BCUT2D eigenvalue weighted by atomic mass is 32.1. The van der Waals surface area contributed by atoms with Crippen molar-refractivity contribution in [2.45, 2.75) is 44.0 Å². The molecule has 18 heavy (non-hydrogen) atoms. The highest BCUT2D eigenvalue weighted by molar-refractivity contribution is 7.12. The van der Waals surface area contributed by atoms with Crippen molar-refractivity contribution in [3.8, 4) is 0 Å². The number of aliphatic hydroxyl groups is 3. The van der Waals surface area contributed by atoms with Crippen LogP contribution in [0, 0.1) is 0 Å². The topological polar surface area (TPSA) is 98.0 Å². The molecule has 1 unspecified atom stereocenters. The molecule has 2 rings (SSSR count). The number of rotatable bonds is 2. The Labute approximate surface area is 108 Å². The van der Waals surface area contributed by atoms with Gasteiger partial charge in [-0.05, 0) is 12.0 Å². The van der Waals surface area contributed by atoms with Crippen LogP contribution in [0.1, 0.15) is 47.6 Å². The third kappa shape index (κ3) is 1.85. The van der Waals surface area contributed by atoms with Crippen molar-refractivity contribution in [1.82, 2.24) is 0 Å². The minimum Gasteiger partial charge on any atom is -0.479 e. The van der Waals surface area contributed by atoms with Gasteiger partial charge in [0.25, 0.3) is 0 Å². The van der Waals surface area contributed by atoms with Crippen molar-refractivity contribution < 1.29 is 25.2 Å². The first-order valence-corrected chi connectivity index (χ1v) is 6.55. The fourth-order valence-corrected chi connectivity index (χ4v) is 3.44. The van der Waals surface area contributed by atoms with E-state index >= 15 is 0 Å². The maximum atomic E-state index is 11.2. The van der Waals surface area contributed by atoms with Crippen LogP contribution in [0.5, 0.6) is 0 Å². The Morgan fingerprint density at radius 3 is 2.61 bits per heavy atom. The SMILES string of the molecule is CC(C)c1cc2c(s1)[C@@H](O)C(O)C[C@]2(O)C(=O)O. The van der Waals surface area contributed by atoms with E-state index in [1.165, 1.54) is 11.3 Å². The van der Waals surface area contributed by atoms with Crippen molar-refractivity contribution in [2.75, 3.05) is 0 Å². The molecule has 100 valence electrons. The second-order valence-electron chi connectivity index (χ2n) is 4.96. The highest BCUT2D eigenvalue weighted by Gasteiger charge is 2.49. The lowest BCUT2D eigenvalue weighted by molar-refractivity contribution is -0.168. The van der Waals surface area contributed by atoms with Gasteiger partial charge in [0.15, 0.2) is 5.60 Å². The summed E-state index contributed by atoms with van der Waals surface area (Å²) >= 11 is 1.24. The van der Waals surface area contributed by atoms with Crippen LogP contribution in [0.3, 0.4) is 0 Å². The number of carboxylic acid groups (broad SMARTS) is 1. The summed E-state index contributed by atoms with van der Waals surface area (Å²) in [6, 6.07) is 1.62. The Balaban J connectivity index is 2.60. The lowest BCUT2D eigenvalue weighted by Crippen LogP contribution is -2.44. The van der Waals surface area contributed by atoms with Crippen LogP contribution in [-0.2, 0) is 10.4 Å². The first-order chi connectivity index (χ1) is 8.27. The fraction of sp³-hybridized carbons (Fsp3) is 0.583. The summed E-state index contributed by atoms with van der Waals surface area (Å²) in [4.78, 5) is 12.5. The Morgan fingerprint density at radius 2 is 2.11 bits per heavy atom. The predicted molar refractivity (Wildman–Crippen MR) is 65.5 cm³/mol. The zero-order valence-corrected chi connectivity index (χ0v) is 10.9. The maximum Gasteiger partial charge on any atom is 0.340 e. The van der Waals surface area contributed by atoms with Crippen molar-refractivity contribution in [3.05, 3.63) is 21.4 Å². The standard InChI is InChI=1S/C12H16O5S/c1-5(2)8-3-6-10(18-8)9(14)7(13)4-12(6,17)11(15)16/h3,5,7,9,13-14,17H,4H2,1-2H3,(H,15,16)/t7?,9-,12+/m0/s1. The van der Waals surface area contributed by atoms with Crippen LogP contribution in [-0.4, -0.2) is 32.5 Å². The van der Waals surface area contributed by atoms with Gasteiger partial charge in [0.05, 0.1) is 6.10 Å². The minimum atomic E-state index is -2.11. The Kier molecular flexibility index (Phi) is 3.23. The number of carboxylic acids is 1. The molecule has 0 amide bonds. The Hall–Kier alpha value is -0.950. The lowest BCUT2D eigenvalue weighted by Gasteiger charge is -2.34. The molecule has 3 atom stereocenters. The van der Waals surface area contributed by atoms with Gasteiger partial charge in [0.2, 0.25) is 0 Å². The van der Waals surface area contributed by atoms with E-state index in [2.05, 4.69) is 0 Å². The van der Waals surface area contributed by atoms with Gasteiger partial charge in [-0.25, -0.2) is 4.79 Å². The summed E-state index contributed by atoms with van der Waals surface area (Å²) in [6.45, 7) is 3.89. The van der Waals surface area contributed by atoms with Gasteiger partial charge in [0.1, 0.15) is 6.10 Å². The zero-order chi connectivity index (χ0) is 13.7. The molecule has 1 heterocycles. The molecular formula is C12H16O5S. The van der Waals surface area contributed by atoms with Crippen molar-refractivity contribution in [2.24, 2.45) is 0 Å². The van der Waals surface area contributed by atoms with E-state index in [1.807, 2.05) is 13.8 Å².